The summed E-state index contributed by atoms with van der Waals surface area (Å²) in [6, 6.07) is 19.7. The third-order valence-corrected chi connectivity index (χ3v) is 7.37. The number of hydrogen-bond donors (Lipinski definition) is 2. The zero-order chi connectivity index (χ0) is 27.9. The number of amides is 2. The van der Waals surface area contributed by atoms with Gasteiger partial charge in [-0.3, -0.25) is 9.59 Å². The average Bonchev–Trinajstić information content (AvgIpc) is 3.19. The number of carbonyl (C=O) groups is 3. The van der Waals surface area contributed by atoms with Gasteiger partial charge in [0.1, 0.15) is 6.61 Å². The molecule has 8 nitrogen and oxygen atoms in total. The number of rotatable bonds is 10. The molecule has 1 unspecified atom stereocenters. The summed E-state index contributed by atoms with van der Waals surface area (Å²) in [5, 5.41) is 4.53. The van der Waals surface area contributed by atoms with Gasteiger partial charge in [-0.1, -0.05) is 78.2 Å². The summed E-state index contributed by atoms with van der Waals surface area (Å²) in [7, 11) is 1.31. The molecule has 1 aliphatic heterocycles. The summed E-state index contributed by atoms with van der Waals surface area (Å²) in [5.41, 5.74) is 2.96. The Bertz CT molecular complexity index is 1350. The summed E-state index contributed by atoms with van der Waals surface area (Å²) in [6.07, 6.45) is 1.00. The van der Waals surface area contributed by atoms with Crippen LogP contribution < -0.4 is 16.2 Å². The van der Waals surface area contributed by atoms with Gasteiger partial charge in [0.25, 0.3) is 5.91 Å². The van der Waals surface area contributed by atoms with Crippen LogP contribution in [0.1, 0.15) is 53.4 Å². The second-order valence-electron chi connectivity index (χ2n) is 9.12. The number of anilines is 1. The van der Waals surface area contributed by atoms with Crippen LogP contribution in [0.15, 0.2) is 66.7 Å². The maximum Gasteiger partial charge on any atom is 0.407 e. The van der Waals surface area contributed by atoms with E-state index in [0.29, 0.717) is 58.2 Å². The largest absolute Gasteiger partial charge is 0.469 e. The maximum absolute atomic E-state index is 13.3. The number of methoxy groups -OCH3 is 1. The van der Waals surface area contributed by atoms with Crippen molar-refractivity contribution in [3.05, 3.63) is 99.0 Å². The van der Waals surface area contributed by atoms with Gasteiger partial charge in [0.05, 0.1) is 24.6 Å². The molecular weight excluding hydrogens is 541 g/mol. The Labute approximate surface area is 236 Å². The lowest BCUT2D eigenvalue weighted by Gasteiger charge is -2.22. The topological polar surface area (TPSA) is 111 Å². The molecule has 0 aliphatic carbocycles. The van der Waals surface area contributed by atoms with Crippen molar-refractivity contribution in [3.8, 4) is 0 Å². The molecule has 0 radical (unpaired) electrons. The lowest BCUT2D eigenvalue weighted by molar-refractivity contribution is -0.142. The van der Waals surface area contributed by atoms with Crippen molar-refractivity contribution in [1.82, 2.24) is 5.32 Å². The number of hydrogen-bond acceptors (Lipinski definition) is 6. The molecule has 39 heavy (non-hydrogen) atoms. The molecule has 2 amide bonds. The minimum Gasteiger partial charge on any atom is -0.469 e. The molecule has 1 aliphatic rings. The average molecular weight is 570 g/mol. The van der Waals surface area contributed by atoms with Gasteiger partial charge in [-0.25, -0.2) is 15.6 Å². The van der Waals surface area contributed by atoms with Gasteiger partial charge in [0.15, 0.2) is 0 Å². The highest BCUT2D eigenvalue weighted by Gasteiger charge is 2.43. The van der Waals surface area contributed by atoms with Crippen molar-refractivity contribution >= 4 is 46.9 Å². The lowest BCUT2D eigenvalue weighted by atomic mass is 9.82. The molecule has 4 rings (SSSR count). The van der Waals surface area contributed by atoms with E-state index < -0.39 is 23.9 Å². The summed E-state index contributed by atoms with van der Waals surface area (Å²) in [4.78, 5) is 38.3. The lowest BCUT2D eigenvalue weighted by Crippen LogP contribution is -2.35. The molecule has 3 N–H and O–H groups in total. The highest BCUT2D eigenvalue weighted by atomic mass is 35.5. The fourth-order valence-electron chi connectivity index (χ4n) is 4.81. The minimum absolute atomic E-state index is 0.179. The first kappa shape index (κ1) is 28.4. The zero-order valence-electron chi connectivity index (χ0n) is 21.4. The number of alkyl carbamates (subject to hydrolysis) is 1. The Balaban J connectivity index is 1.48. The van der Waals surface area contributed by atoms with Crippen molar-refractivity contribution in [2.24, 2.45) is 5.84 Å². The molecule has 0 saturated heterocycles. The molecule has 10 heteroatoms. The zero-order valence-corrected chi connectivity index (χ0v) is 22.9. The predicted octanol–water partition coefficient (Wildman–Crippen LogP) is 5.70. The van der Waals surface area contributed by atoms with Gasteiger partial charge < -0.3 is 14.8 Å². The third kappa shape index (κ3) is 6.36. The molecule has 3 aromatic carbocycles. The molecular formula is C29H29Cl2N3O5. The number of nitrogens with one attached hydrogen (secondary N) is 1. The molecule has 3 aromatic rings. The monoisotopic (exact) mass is 569 g/mol. The molecule has 0 bridgehead atoms. The van der Waals surface area contributed by atoms with Gasteiger partial charge in [-0.05, 0) is 53.3 Å². The number of hydrazine groups is 1. The van der Waals surface area contributed by atoms with E-state index >= 15 is 0 Å². The van der Waals surface area contributed by atoms with Crippen LogP contribution in [0, 0.1) is 0 Å². The van der Waals surface area contributed by atoms with Crippen LogP contribution in [0.25, 0.3) is 0 Å². The summed E-state index contributed by atoms with van der Waals surface area (Å²) < 4.78 is 10.4. The van der Waals surface area contributed by atoms with Crippen molar-refractivity contribution in [3.63, 3.8) is 0 Å². The van der Waals surface area contributed by atoms with E-state index in [9.17, 15) is 14.4 Å². The minimum atomic E-state index is -0.819. The van der Waals surface area contributed by atoms with Crippen LogP contribution in [0.4, 0.5) is 10.5 Å². The van der Waals surface area contributed by atoms with E-state index in [1.807, 2.05) is 30.3 Å². The molecule has 1 heterocycles. The molecule has 0 aromatic heterocycles. The van der Waals surface area contributed by atoms with E-state index in [4.69, 9.17) is 38.5 Å². The van der Waals surface area contributed by atoms with Gasteiger partial charge in [-0.2, -0.15) is 0 Å². The molecule has 2 atom stereocenters. The predicted molar refractivity (Wildman–Crippen MR) is 150 cm³/mol. The van der Waals surface area contributed by atoms with Gasteiger partial charge in [0, 0.05) is 16.6 Å². The summed E-state index contributed by atoms with van der Waals surface area (Å²) in [5.74, 6) is 3.72. The number of ether oxygens (including phenoxy) is 2. The van der Waals surface area contributed by atoms with Crippen LogP contribution in [0.2, 0.25) is 10.0 Å². The number of unbranched alkanes of at least 4 members (excludes halogenated alkanes) is 1. The van der Waals surface area contributed by atoms with Crippen LogP contribution in [-0.4, -0.2) is 31.6 Å². The normalized spacial score (nSPS) is 15.0. The number of esters is 1. The molecule has 0 fully saturated rings. The summed E-state index contributed by atoms with van der Waals surface area (Å²) in [6.45, 7) is 0.539. The fraction of sp³-hybridized carbons (Fsp3) is 0.276. The Morgan fingerprint density at radius 2 is 1.72 bits per heavy atom. The first-order chi connectivity index (χ1) is 18.8. The number of halogens is 2. The Morgan fingerprint density at radius 1 is 1.00 bits per heavy atom. The van der Waals surface area contributed by atoms with Crippen molar-refractivity contribution < 1.29 is 23.9 Å². The third-order valence-electron chi connectivity index (χ3n) is 6.70. The highest BCUT2D eigenvalue weighted by Crippen LogP contribution is 2.48. The van der Waals surface area contributed by atoms with Gasteiger partial charge >= 0.3 is 12.1 Å². The Morgan fingerprint density at radius 3 is 2.44 bits per heavy atom. The van der Waals surface area contributed by atoms with E-state index in [-0.39, 0.29) is 12.5 Å². The smallest absolute Gasteiger partial charge is 0.407 e. The van der Waals surface area contributed by atoms with Gasteiger partial charge in [0.2, 0.25) is 0 Å². The summed E-state index contributed by atoms with van der Waals surface area (Å²) >= 11 is 13.1. The number of benzene rings is 3. The van der Waals surface area contributed by atoms with Crippen molar-refractivity contribution in [2.75, 3.05) is 18.7 Å². The number of carbonyl (C=O) groups excluding carboxylic acids is 3. The van der Waals surface area contributed by atoms with Crippen LogP contribution in [0.5, 0.6) is 0 Å². The van der Waals surface area contributed by atoms with E-state index in [0.717, 1.165) is 10.6 Å². The quantitative estimate of drug-likeness (QED) is 0.140. The standard InChI is InChI=1S/C29H29Cl2N3O5/c1-38-28(36)20(12-7-8-16-33-29(37)39-17-18-9-3-2-4-10-18)24-22(31)14-15-23-26(24)25(27(35)34(23)32)19-11-5-6-13-21(19)30/h2-6,9-11,13-15,20,25H,7-8,12,16-17,32H2,1H3,(H,33,37)/t20-,25?/m1/s1. The molecule has 204 valence electrons. The molecule has 0 spiro atoms. The Kier molecular flexibility index (Phi) is 9.45. The number of nitrogens with zero attached hydrogens (tertiary/aromatic N) is 1. The Hall–Kier alpha value is -3.59. The molecule has 0 saturated carbocycles. The second kappa shape index (κ2) is 13.0. The van der Waals surface area contributed by atoms with E-state index in [1.165, 1.54) is 7.11 Å². The van der Waals surface area contributed by atoms with Gasteiger partial charge in [-0.15, -0.1) is 0 Å². The number of nitrogens with two attached hydrogens (primary N) is 1. The number of fused-ring (bicyclic) bond motifs is 1. The first-order valence-electron chi connectivity index (χ1n) is 12.5. The first-order valence-corrected chi connectivity index (χ1v) is 13.3. The fourth-order valence-corrected chi connectivity index (χ4v) is 5.35. The second-order valence-corrected chi connectivity index (χ2v) is 9.93. The SMILES string of the molecule is COC(=O)[C@H](CCCCNC(=O)OCc1ccccc1)c1c(Cl)ccc2c1C(c1ccccc1Cl)C(=O)N2N. The van der Waals surface area contributed by atoms with E-state index in [1.54, 1.807) is 36.4 Å². The maximum atomic E-state index is 13.3. The highest BCUT2D eigenvalue weighted by molar-refractivity contribution is 6.33. The van der Waals surface area contributed by atoms with Crippen LogP contribution >= 0.6 is 23.2 Å². The van der Waals surface area contributed by atoms with Crippen molar-refractivity contribution in [2.45, 2.75) is 37.7 Å². The van der Waals surface area contributed by atoms with Crippen molar-refractivity contribution in [1.29, 1.82) is 0 Å². The van der Waals surface area contributed by atoms with E-state index in [2.05, 4.69) is 5.32 Å². The van der Waals surface area contributed by atoms with Crippen LogP contribution in [-0.2, 0) is 25.7 Å². The van der Waals surface area contributed by atoms with Crippen LogP contribution in [0.3, 0.4) is 0 Å².